The number of ether oxygens (including phenoxy) is 1. The van der Waals surface area contributed by atoms with Crippen LogP contribution >= 0.6 is 0 Å². The third kappa shape index (κ3) is 3.93. The summed E-state index contributed by atoms with van der Waals surface area (Å²) in [6.07, 6.45) is 5.34. The SMILES string of the molecule is CC(C)C1OCCCC1CNC(=O)C1CCC(N)C1. The summed E-state index contributed by atoms with van der Waals surface area (Å²) in [6, 6.07) is 0.220. The summed E-state index contributed by atoms with van der Waals surface area (Å²) < 4.78 is 5.86. The summed E-state index contributed by atoms with van der Waals surface area (Å²) in [4.78, 5) is 12.1. The van der Waals surface area contributed by atoms with E-state index in [1.165, 1.54) is 0 Å². The first-order valence-electron chi connectivity index (χ1n) is 7.72. The molecule has 0 radical (unpaired) electrons. The molecule has 1 saturated carbocycles. The number of carbonyl (C=O) groups excluding carboxylic acids is 1. The highest BCUT2D eigenvalue weighted by Crippen LogP contribution is 2.27. The van der Waals surface area contributed by atoms with Gasteiger partial charge in [0.2, 0.25) is 5.91 Å². The first-order chi connectivity index (χ1) is 9.08. The molecule has 2 rings (SSSR count). The average molecular weight is 268 g/mol. The lowest BCUT2D eigenvalue weighted by molar-refractivity contribution is -0.125. The van der Waals surface area contributed by atoms with E-state index in [2.05, 4.69) is 19.2 Å². The largest absolute Gasteiger partial charge is 0.378 e. The van der Waals surface area contributed by atoms with Crippen LogP contribution in [0.5, 0.6) is 0 Å². The second kappa shape index (κ2) is 6.71. The van der Waals surface area contributed by atoms with Crippen LogP contribution in [0.2, 0.25) is 0 Å². The average Bonchev–Trinajstić information content (AvgIpc) is 2.83. The van der Waals surface area contributed by atoms with E-state index < -0.39 is 0 Å². The van der Waals surface area contributed by atoms with Crippen molar-refractivity contribution >= 4 is 5.91 Å². The van der Waals surface area contributed by atoms with E-state index in [9.17, 15) is 4.79 Å². The monoisotopic (exact) mass is 268 g/mol. The van der Waals surface area contributed by atoms with Crippen molar-refractivity contribution in [3.05, 3.63) is 0 Å². The summed E-state index contributed by atoms with van der Waals surface area (Å²) in [5.41, 5.74) is 5.86. The Kier molecular flexibility index (Phi) is 5.22. The van der Waals surface area contributed by atoms with Gasteiger partial charge in [-0.05, 0) is 38.0 Å². The predicted molar refractivity (Wildman–Crippen MR) is 75.6 cm³/mol. The molecule has 0 bridgehead atoms. The Hall–Kier alpha value is -0.610. The van der Waals surface area contributed by atoms with Crippen LogP contribution in [-0.4, -0.2) is 31.2 Å². The van der Waals surface area contributed by atoms with E-state index >= 15 is 0 Å². The highest BCUT2D eigenvalue weighted by molar-refractivity contribution is 5.79. The Morgan fingerprint density at radius 2 is 2.16 bits per heavy atom. The smallest absolute Gasteiger partial charge is 0.223 e. The fraction of sp³-hybridized carbons (Fsp3) is 0.933. The van der Waals surface area contributed by atoms with Crippen LogP contribution in [-0.2, 0) is 9.53 Å². The lowest BCUT2D eigenvalue weighted by atomic mass is 9.87. The summed E-state index contributed by atoms with van der Waals surface area (Å²) in [5.74, 6) is 1.31. The van der Waals surface area contributed by atoms with Gasteiger partial charge in [-0.25, -0.2) is 0 Å². The Morgan fingerprint density at radius 1 is 1.37 bits per heavy atom. The van der Waals surface area contributed by atoms with Gasteiger partial charge in [-0.1, -0.05) is 13.8 Å². The van der Waals surface area contributed by atoms with Crippen molar-refractivity contribution in [3.63, 3.8) is 0 Å². The van der Waals surface area contributed by atoms with Crippen LogP contribution in [0, 0.1) is 17.8 Å². The van der Waals surface area contributed by atoms with Gasteiger partial charge in [-0.3, -0.25) is 4.79 Å². The second-order valence-electron chi connectivity index (χ2n) is 6.50. The molecule has 1 heterocycles. The number of rotatable bonds is 4. The minimum absolute atomic E-state index is 0.136. The quantitative estimate of drug-likeness (QED) is 0.815. The number of hydrogen-bond acceptors (Lipinski definition) is 3. The molecule has 3 N–H and O–H groups in total. The topological polar surface area (TPSA) is 64.3 Å². The molecule has 4 unspecified atom stereocenters. The maximum absolute atomic E-state index is 12.1. The lowest BCUT2D eigenvalue weighted by Gasteiger charge is -2.34. The molecule has 0 spiro atoms. The molecule has 1 saturated heterocycles. The number of nitrogens with one attached hydrogen (secondary N) is 1. The van der Waals surface area contributed by atoms with Crippen LogP contribution in [0.1, 0.15) is 46.0 Å². The summed E-state index contributed by atoms with van der Waals surface area (Å²) >= 11 is 0. The molecule has 2 aliphatic rings. The molecule has 0 aromatic rings. The zero-order chi connectivity index (χ0) is 13.8. The highest BCUT2D eigenvalue weighted by atomic mass is 16.5. The van der Waals surface area contributed by atoms with Gasteiger partial charge in [0.1, 0.15) is 0 Å². The molecule has 0 aromatic heterocycles. The van der Waals surface area contributed by atoms with Crippen molar-refractivity contribution in [2.24, 2.45) is 23.5 Å². The summed E-state index contributed by atoms with van der Waals surface area (Å²) in [6.45, 7) is 6.01. The van der Waals surface area contributed by atoms with Gasteiger partial charge in [0.15, 0.2) is 0 Å². The molecule has 1 aliphatic carbocycles. The minimum atomic E-state index is 0.136. The van der Waals surface area contributed by atoms with Gasteiger partial charge in [0.05, 0.1) is 6.10 Å². The molecule has 4 heteroatoms. The predicted octanol–water partition coefficient (Wildman–Crippen LogP) is 1.68. The van der Waals surface area contributed by atoms with E-state index in [1.54, 1.807) is 0 Å². The third-order valence-corrected chi connectivity index (χ3v) is 4.53. The van der Waals surface area contributed by atoms with Gasteiger partial charge in [-0.2, -0.15) is 0 Å². The van der Waals surface area contributed by atoms with Crippen LogP contribution in [0.15, 0.2) is 0 Å². The zero-order valence-electron chi connectivity index (χ0n) is 12.2. The maximum Gasteiger partial charge on any atom is 0.223 e. The van der Waals surface area contributed by atoms with Crippen molar-refractivity contribution in [1.29, 1.82) is 0 Å². The fourth-order valence-corrected chi connectivity index (χ4v) is 3.45. The molecule has 1 amide bonds. The number of amides is 1. The van der Waals surface area contributed by atoms with Gasteiger partial charge in [0, 0.05) is 31.0 Å². The van der Waals surface area contributed by atoms with E-state index in [0.29, 0.717) is 17.9 Å². The van der Waals surface area contributed by atoms with Crippen molar-refractivity contribution in [1.82, 2.24) is 5.32 Å². The van der Waals surface area contributed by atoms with Gasteiger partial charge in [0.25, 0.3) is 0 Å². The van der Waals surface area contributed by atoms with Crippen LogP contribution in [0.4, 0.5) is 0 Å². The first-order valence-corrected chi connectivity index (χ1v) is 7.72. The Balaban J connectivity index is 1.78. The number of hydrogen-bond donors (Lipinski definition) is 2. The van der Waals surface area contributed by atoms with Crippen molar-refractivity contribution in [3.8, 4) is 0 Å². The molecule has 0 aromatic carbocycles. The molecule has 2 fully saturated rings. The number of nitrogens with two attached hydrogens (primary N) is 1. The number of carbonyl (C=O) groups is 1. The van der Waals surface area contributed by atoms with Crippen LogP contribution in [0.25, 0.3) is 0 Å². The minimum Gasteiger partial charge on any atom is -0.378 e. The maximum atomic E-state index is 12.1. The Bertz CT molecular complexity index is 307. The van der Waals surface area contributed by atoms with Gasteiger partial charge in [-0.15, -0.1) is 0 Å². The van der Waals surface area contributed by atoms with Crippen molar-refractivity contribution in [2.75, 3.05) is 13.2 Å². The van der Waals surface area contributed by atoms with Gasteiger partial charge >= 0.3 is 0 Å². The third-order valence-electron chi connectivity index (χ3n) is 4.53. The van der Waals surface area contributed by atoms with Crippen molar-refractivity contribution in [2.45, 2.75) is 58.1 Å². The molecule has 19 heavy (non-hydrogen) atoms. The first kappa shape index (κ1) is 14.8. The lowest BCUT2D eigenvalue weighted by Crippen LogP contribution is -2.42. The fourth-order valence-electron chi connectivity index (χ4n) is 3.45. The van der Waals surface area contributed by atoms with E-state index in [-0.39, 0.29) is 17.9 Å². The normalized spacial score (nSPS) is 35.6. The molecule has 110 valence electrons. The van der Waals surface area contributed by atoms with Crippen molar-refractivity contribution < 1.29 is 9.53 Å². The van der Waals surface area contributed by atoms with E-state index in [0.717, 1.165) is 45.3 Å². The Labute approximate surface area is 116 Å². The molecular formula is C15H28N2O2. The molecule has 1 aliphatic heterocycles. The standard InChI is InChI=1S/C15H28N2O2/c1-10(2)14-12(4-3-7-19-14)9-17-15(18)11-5-6-13(16)8-11/h10-14H,3-9,16H2,1-2H3,(H,17,18). The van der Waals surface area contributed by atoms with E-state index in [1.807, 2.05) is 0 Å². The summed E-state index contributed by atoms with van der Waals surface area (Å²) in [5, 5.41) is 3.13. The highest BCUT2D eigenvalue weighted by Gasteiger charge is 2.31. The van der Waals surface area contributed by atoms with Gasteiger partial charge < -0.3 is 15.8 Å². The Morgan fingerprint density at radius 3 is 2.79 bits per heavy atom. The van der Waals surface area contributed by atoms with Crippen LogP contribution < -0.4 is 11.1 Å². The molecular weight excluding hydrogens is 240 g/mol. The van der Waals surface area contributed by atoms with E-state index in [4.69, 9.17) is 10.5 Å². The molecule has 4 nitrogen and oxygen atoms in total. The van der Waals surface area contributed by atoms with Crippen LogP contribution in [0.3, 0.4) is 0 Å². The summed E-state index contributed by atoms with van der Waals surface area (Å²) in [7, 11) is 0. The second-order valence-corrected chi connectivity index (χ2v) is 6.50. The zero-order valence-corrected chi connectivity index (χ0v) is 12.2. The molecule has 4 atom stereocenters.